The third-order valence-electron chi connectivity index (χ3n) is 4.44. The van der Waals surface area contributed by atoms with E-state index in [-0.39, 0.29) is 12.0 Å². The lowest BCUT2D eigenvalue weighted by Gasteiger charge is -2.20. The van der Waals surface area contributed by atoms with E-state index < -0.39 is 42.3 Å². The standard InChI is InChI=1S/C17H20N6O5/c1-17(2,3)9-4-5-18-10(6-9)19-11(24)7-23-14-13(20-21-23)15(27)22(16(14)28)8-12(25)26/h4-6,13-14H,7-8H2,1-3H3,(H,25,26)(H,18,19,24)/t13-,14+/m0/s1. The fraction of sp³-hybridized carbons (Fsp3) is 0.471. The number of imide groups is 1. The van der Waals surface area contributed by atoms with Crippen LogP contribution in [-0.2, 0) is 24.6 Å². The maximum atomic E-state index is 12.4. The maximum absolute atomic E-state index is 12.4. The van der Waals surface area contributed by atoms with E-state index in [1.54, 1.807) is 12.3 Å². The molecule has 3 rings (SSSR count). The van der Waals surface area contributed by atoms with Gasteiger partial charge in [0.1, 0.15) is 18.9 Å². The van der Waals surface area contributed by atoms with Gasteiger partial charge >= 0.3 is 5.97 Å². The normalized spacial score (nSPS) is 21.2. The number of anilines is 1. The molecule has 1 saturated heterocycles. The Morgan fingerprint density at radius 2 is 1.93 bits per heavy atom. The number of amides is 3. The molecule has 0 aliphatic carbocycles. The summed E-state index contributed by atoms with van der Waals surface area (Å²) in [4.78, 5) is 52.4. The molecule has 1 aromatic heterocycles. The zero-order valence-electron chi connectivity index (χ0n) is 15.6. The fourth-order valence-corrected chi connectivity index (χ4v) is 2.99. The molecule has 0 saturated carbocycles. The Morgan fingerprint density at radius 3 is 2.57 bits per heavy atom. The van der Waals surface area contributed by atoms with E-state index in [4.69, 9.17) is 5.11 Å². The molecule has 0 aromatic carbocycles. The van der Waals surface area contributed by atoms with E-state index in [1.807, 2.05) is 26.8 Å². The Balaban J connectivity index is 1.67. The molecule has 0 radical (unpaired) electrons. The number of nitrogens with zero attached hydrogens (tertiary/aromatic N) is 5. The molecule has 2 atom stereocenters. The van der Waals surface area contributed by atoms with E-state index in [2.05, 4.69) is 20.6 Å². The van der Waals surface area contributed by atoms with E-state index in [0.29, 0.717) is 10.7 Å². The number of aliphatic carboxylic acids is 1. The van der Waals surface area contributed by atoms with Gasteiger partial charge in [-0.05, 0) is 23.1 Å². The van der Waals surface area contributed by atoms with Gasteiger partial charge in [-0.15, -0.1) is 0 Å². The quantitative estimate of drug-likeness (QED) is 0.685. The summed E-state index contributed by atoms with van der Waals surface area (Å²) in [6, 6.07) is 1.38. The van der Waals surface area contributed by atoms with Gasteiger partial charge in [-0.25, -0.2) is 4.98 Å². The molecule has 148 valence electrons. The van der Waals surface area contributed by atoms with Crippen LogP contribution in [0.25, 0.3) is 0 Å². The van der Waals surface area contributed by atoms with Crippen LogP contribution in [0.1, 0.15) is 26.3 Å². The van der Waals surface area contributed by atoms with Crippen LogP contribution in [0.2, 0.25) is 0 Å². The van der Waals surface area contributed by atoms with E-state index in [0.717, 1.165) is 10.6 Å². The number of hydrogen-bond acceptors (Lipinski definition) is 8. The minimum Gasteiger partial charge on any atom is -0.480 e. The van der Waals surface area contributed by atoms with Gasteiger partial charge in [-0.3, -0.25) is 29.1 Å². The number of aromatic nitrogens is 1. The second-order valence-corrected chi connectivity index (χ2v) is 7.58. The highest BCUT2D eigenvalue weighted by Crippen LogP contribution is 2.28. The predicted molar refractivity (Wildman–Crippen MR) is 95.1 cm³/mol. The van der Waals surface area contributed by atoms with Crippen molar-refractivity contribution in [3.05, 3.63) is 23.9 Å². The van der Waals surface area contributed by atoms with Crippen molar-refractivity contribution in [1.29, 1.82) is 0 Å². The Morgan fingerprint density at radius 1 is 1.21 bits per heavy atom. The Labute approximate surface area is 160 Å². The Kier molecular flexibility index (Phi) is 4.84. The van der Waals surface area contributed by atoms with Gasteiger partial charge in [-0.1, -0.05) is 26.0 Å². The van der Waals surface area contributed by atoms with Crippen LogP contribution in [0.5, 0.6) is 0 Å². The molecule has 11 heteroatoms. The van der Waals surface area contributed by atoms with Crippen molar-refractivity contribution in [2.75, 3.05) is 18.4 Å². The molecule has 2 aliphatic rings. The molecule has 0 spiro atoms. The van der Waals surface area contributed by atoms with Gasteiger partial charge in [0.05, 0.1) is 0 Å². The predicted octanol–water partition coefficient (Wildman–Crippen LogP) is 0.191. The van der Waals surface area contributed by atoms with Gasteiger partial charge in [0.25, 0.3) is 11.8 Å². The number of fused-ring (bicyclic) bond motifs is 1. The summed E-state index contributed by atoms with van der Waals surface area (Å²) in [7, 11) is 0. The topological polar surface area (TPSA) is 145 Å². The molecule has 11 nitrogen and oxygen atoms in total. The van der Waals surface area contributed by atoms with Crippen molar-refractivity contribution < 1.29 is 24.3 Å². The molecule has 2 N–H and O–H groups in total. The second-order valence-electron chi connectivity index (χ2n) is 7.58. The van der Waals surface area contributed by atoms with Gasteiger partial charge < -0.3 is 10.4 Å². The summed E-state index contributed by atoms with van der Waals surface area (Å²) in [5.41, 5.74) is 0.864. The Bertz CT molecular complexity index is 877. The lowest BCUT2D eigenvalue weighted by molar-refractivity contribution is -0.149. The molecule has 0 unspecified atom stereocenters. The number of pyridine rings is 1. The molecule has 1 aromatic rings. The molecule has 28 heavy (non-hydrogen) atoms. The second kappa shape index (κ2) is 6.98. The third kappa shape index (κ3) is 3.68. The van der Waals surface area contributed by atoms with Crippen LogP contribution in [0.4, 0.5) is 5.82 Å². The first-order valence-corrected chi connectivity index (χ1v) is 8.59. The first-order valence-electron chi connectivity index (χ1n) is 8.59. The largest absolute Gasteiger partial charge is 0.480 e. The van der Waals surface area contributed by atoms with Crippen LogP contribution < -0.4 is 5.32 Å². The molecule has 3 amide bonds. The number of carboxylic acids is 1. The van der Waals surface area contributed by atoms with Gasteiger partial charge in [0.15, 0.2) is 12.1 Å². The smallest absolute Gasteiger partial charge is 0.323 e. The molecule has 1 fully saturated rings. The summed E-state index contributed by atoms with van der Waals surface area (Å²) in [6.07, 6.45) is 1.59. The molecule has 0 bridgehead atoms. The van der Waals surface area contributed by atoms with Gasteiger partial charge in [-0.2, -0.15) is 5.11 Å². The highest BCUT2D eigenvalue weighted by molar-refractivity contribution is 6.11. The van der Waals surface area contributed by atoms with Crippen LogP contribution in [0, 0.1) is 0 Å². The summed E-state index contributed by atoms with van der Waals surface area (Å²) in [5, 5.41) is 20.0. The van der Waals surface area contributed by atoms with E-state index in [9.17, 15) is 19.2 Å². The average molecular weight is 388 g/mol. The van der Waals surface area contributed by atoms with Crippen LogP contribution in [-0.4, -0.2) is 68.9 Å². The monoisotopic (exact) mass is 388 g/mol. The highest BCUT2D eigenvalue weighted by atomic mass is 16.4. The van der Waals surface area contributed by atoms with E-state index in [1.165, 1.54) is 0 Å². The number of carbonyl (C=O) groups excluding carboxylic acids is 3. The van der Waals surface area contributed by atoms with Crippen molar-refractivity contribution in [1.82, 2.24) is 14.9 Å². The zero-order valence-corrected chi connectivity index (χ0v) is 15.6. The van der Waals surface area contributed by atoms with Crippen LogP contribution >= 0.6 is 0 Å². The molecule has 3 heterocycles. The van der Waals surface area contributed by atoms with E-state index >= 15 is 0 Å². The third-order valence-corrected chi connectivity index (χ3v) is 4.44. The first-order chi connectivity index (χ1) is 13.1. The number of hydrogen-bond donors (Lipinski definition) is 2. The summed E-state index contributed by atoms with van der Waals surface area (Å²) in [6.45, 7) is 5.02. The fourth-order valence-electron chi connectivity index (χ4n) is 2.99. The number of rotatable bonds is 5. The maximum Gasteiger partial charge on any atom is 0.323 e. The van der Waals surface area contributed by atoms with Crippen LogP contribution in [0.3, 0.4) is 0 Å². The zero-order chi connectivity index (χ0) is 20.6. The van der Waals surface area contributed by atoms with Crippen molar-refractivity contribution in [3.8, 4) is 0 Å². The molecular weight excluding hydrogens is 368 g/mol. The van der Waals surface area contributed by atoms with Crippen molar-refractivity contribution in [3.63, 3.8) is 0 Å². The molecular formula is C17H20N6O5. The molecule has 2 aliphatic heterocycles. The van der Waals surface area contributed by atoms with Crippen LogP contribution in [0.15, 0.2) is 28.7 Å². The van der Waals surface area contributed by atoms with Crippen molar-refractivity contribution in [2.24, 2.45) is 10.3 Å². The summed E-state index contributed by atoms with van der Waals surface area (Å²) in [5.74, 6) is -2.92. The minimum absolute atomic E-state index is 0.122. The summed E-state index contributed by atoms with van der Waals surface area (Å²) < 4.78 is 0. The number of carbonyl (C=O) groups is 4. The highest BCUT2D eigenvalue weighted by Gasteiger charge is 2.54. The lowest BCUT2D eigenvalue weighted by atomic mass is 9.88. The van der Waals surface area contributed by atoms with Crippen molar-refractivity contribution in [2.45, 2.75) is 38.3 Å². The Hall–Kier alpha value is -3.37. The lowest BCUT2D eigenvalue weighted by Crippen LogP contribution is -2.43. The first kappa shape index (κ1) is 19.4. The SMILES string of the molecule is CC(C)(C)c1ccnc(NC(=O)CN2N=N[C@@H]3C(=O)N(CC(=O)O)C(=O)[C@@H]32)c1. The van der Waals surface area contributed by atoms with Gasteiger partial charge in [0.2, 0.25) is 5.91 Å². The average Bonchev–Trinajstić information content (AvgIpc) is 3.10. The number of carboxylic acid groups (broad SMARTS) is 1. The van der Waals surface area contributed by atoms with Gasteiger partial charge in [0, 0.05) is 6.20 Å². The van der Waals surface area contributed by atoms with Crippen molar-refractivity contribution >= 4 is 29.5 Å². The minimum atomic E-state index is -1.31. The number of likely N-dealkylation sites (tertiary alicyclic amines) is 1. The number of nitrogens with one attached hydrogen (secondary N) is 1. The summed E-state index contributed by atoms with van der Waals surface area (Å²) >= 11 is 0.